The van der Waals surface area contributed by atoms with E-state index in [1.165, 1.54) is 6.08 Å². The SMILES string of the molecule is CCN1CC(OC)=CC1=O. The van der Waals surface area contributed by atoms with Crippen LogP contribution in [0.3, 0.4) is 0 Å². The van der Waals surface area contributed by atoms with Gasteiger partial charge in [-0.3, -0.25) is 4.79 Å². The van der Waals surface area contributed by atoms with Crippen molar-refractivity contribution in [1.29, 1.82) is 0 Å². The van der Waals surface area contributed by atoms with E-state index < -0.39 is 0 Å². The molecule has 3 heteroatoms. The standard InChI is InChI=1S/C7H11NO2/c1-3-8-5-6(10-2)4-7(8)9/h4H,3,5H2,1-2H3. The minimum Gasteiger partial charge on any atom is -0.499 e. The van der Waals surface area contributed by atoms with E-state index >= 15 is 0 Å². The van der Waals surface area contributed by atoms with Crippen LogP contribution in [0, 0.1) is 0 Å². The van der Waals surface area contributed by atoms with E-state index in [9.17, 15) is 4.79 Å². The topological polar surface area (TPSA) is 29.5 Å². The number of carbonyl (C=O) groups excluding carboxylic acids is 1. The number of ether oxygens (including phenoxy) is 1. The highest BCUT2D eigenvalue weighted by molar-refractivity contribution is 5.90. The summed E-state index contributed by atoms with van der Waals surface area (Å²) in [5, 5.41) is 0. The Labute approximate surface area is 60.3 Å². The van der Waals surface area contributed by atoms with Crippen LogP contribution in [-0.2, 0) is 9.53 Å². The second kappa shape index (κ2) is 2.73. The van der Waals surface area contributed by atoms with Crippen LogP contribution in [0.2, 0.25) is 0 Å². The molecular formula is C7H11NO2. The molecule has 0 aromatic carbocycles. The van der Waals surface area contributed by atoms with Crippen molar-refractivity contribution in [3.05, 3.63) is 11.8 Å². The maximum Gasteiger partial charge on any atom is 0.250 e. The van der Waals surface area contributed by atoms with Crippen molar-refractivity contribution in [2.75, 3.05) is 20.2 Å². The van der Waals surface area contributed by atoms with Gasteiger partial charge < -0.3 is 9.64 Å². The molecule has 1 amide bonds. The molecule has 0 bridgehead atoms. The first-order valence-electron chi connectivity index (χ1n) is 3.31. The highest BCUT2D eigenvalue weighted by Crippen LogP contribution is 2.09. The Kier molecular flexibility index (Phi) is 1.94. The van der Waals surface area contributed by atoms with Crippen molar-refractivity contribution < 1.29 is 9.53 Å². The molecule has 0 aromatic rings. The van der Waals surface area contributed by atoms with Crippen molar-refractivity contribution in [2.45, 2.75) is 6.92 Å². The van der Waals surface area contributed by atoms with Crippen molar-refractivity contribution in [2.24, 2.45) is 0 Å². The average Bonchev–Trinajstić information content (AvgIpc) is 2.30. The van der Waals surface area contributed by atoms with Gasteiger partial charge in [-0.05, 0) is 6.92 Å². The van der Waals surface area contributed by atoms with Crippen LogP contribution in [0.5, 0.6) is 0 Å². The fourth-order valence-corrected chi connectivity index (χ4v) is 0.932. The largest absolute Gasteiger partial charge is 0.499 e. The van der Waals surface area contributed by atoms with E-state index in [1.807, 2.05) is 6.92 Å². The molecule has 0 N–H and O–H groups in total. The summed E-state index contributed by atoms with van der Waals surface area (Å²) in [5.41, 5.74) is 0. The molecule has 0 saturated carbocycles. The van der Waals surface area contributed by atoms with Crippen molar-refractivity contribution >= 4 is 5.91 Å². The summed E-state index contributed by atoms with van der Waals surface area (Å²) in [5.74, 6) is 0.811. The Morgan fingerprint density at radius 3 is 2.80 bits per heavy atom. The quantitative estimate of drug-likeness (QED) is 0.556. The fraction of sp³-hybridized carbons (Fsp3) is 0.571. The van der Waals surface area contributed by atoms with Gasteiger partial charge in [-0.15, -0.1) is 0 Å². The molecule has 0 saturated heterocycles. The lowest BCUT2D eigenvalue weighted by atomic mass is 10.5. The second-order valence-electron chi connectivity index (χ2n) is 2.17. The number of carbonyl (C=O) groups is 1. The Bertz CT molecular complexity index is 174. The normalized spacial score (nSPS) is 17.6. The van der Waals surface area contributed by atoms with E-state index in [0.717, 1.165) is 12.3 Å². The molecule has 1 heterocycles. The van der Waals surface area contributed by atoms with E-state index in [1.54, 1.807) is 12.0 Å². The van der Waals surface area contributed by atoms with E-state index in [0.29, 0.717) is 6.54 Å². The molecule has 56 valence electrons. The van der Waals surface area contributed by atoms with Gasteiger partial charge in [0.05, 0.1) is 13.7 Å². The van der Waals surface area contributed by atoms with Gasteiger partial charge in [-0.25, -0.2) is 0 Å². The zero-order valence-electron chi connectivity index (χ0n) is 6.26. The summed E-state index contributed by atoms with van der Waals surface area (Å²) in [4.78, 5) is 12.7. The lowest BCUT2D eigenvalue weighted by Gasteiger charge is -2.11. The fourth-order valence-electron chi connectivity index (χ4n) is 0.932. The maximum atomic E-state index is 10.9. The van der Waals surface area contributed by atoms with Crippen molar-refractivity contribution in [1.82, 2.24) is 4.90 Å². The van der Waals surface area contributed by atoms with E-state index in [2.05, 4.69) is 0 Å². The molecule has 10 heavy (non-hydrogen) atoms. The van der Waals surface area contributed by atoms with Crippen molar-refractivity contribution in [3.8, 4) is 0 Å². The zero-order valence-corrected chi connectivity index (χ0v) is 6.26. The third-order valence-electron chi connectivity index (χ3n) is 1.59. The second-order valence-corrected chi connectivity index (χ2v) is 2.17. The van der Waals surface area contributed by atoms with Gasteiger partial charge in [0.2, 0.25) is 5.91 Å². The average molecular weight is 141 g/mol. The number of methoxy groups -OCH3 is 1. The lowest BCUT2D eigenvalue weighted by Crippen LogP contribution is -2.25. The molecule has 1 rings (SSSR count). The summed E-state index contributed by atoms with van der Waals surface area (Å²) in [7, 11) is 1.58. The minimum atomic E-state index is 0.0550. The molecule has 1 aliphatic heterocycles. The first kappa shape index (κ1) is 7.12. The highest BCUT2D eigenvalue weighted by atomic mass is 16.5. The summed E-state index contributed by atoms with van der Waals surface area (Å²) in [6, 6.07) is 0. The van der Waals surface area contributed by atoms with Gasteiger partial charge in [-0.1, -0.05) is 0 Å². The molecule has 0 unspecified atom stereocenters. The Morgan fingerprint density at radius 1 is 1.80 bits per heavy atom. The Morgan fingerprint density at radius 2 is 2.50 bits per heavy atom. The Hall–Kier alpha value is -0.990. The van der Waals surface area contributed by atoms with E-state index in [-0.39, 0.29) is 5.91 Å². The van der Waals surface area contributed by atoms with Crippen molar-refractivity contribution in [3.63, 3.8) is 0 Å². The third kappa shape index (κ3) is 1.12. The lowest BCUT2D eigenvalue weighted by molar-refractivity contribution is -0.124. The molecule has 0 radical (unpaired) electrons. The van der Waals surface area contributed by atoms with Crippen LogP contribution in [-0.4, -0.2) is 31.0 Å². The first-order chi connectivity index (χ1) is 4.77. The summed E-state index contributed by atoms with van der Waals surface area (Å²) >= 11 is 0. The van der Waals surface area contributed by atoms with Crippen LogP contribution in [0.4, 0.5) is 0 Å². The molecule has 0 spiro atoms. The molecule has 0 fully saturated rings. The number of nitrogens with zero attached hydrogens (tertiary/aromatic N) is 1. The van der Waals surface area contributed by atoms with Gasteiger partial charge in [0.1, 0.15) is 5.76 Å². The number of hydrogen-bond acceptors (Lipinski definition) is 2. The number of rotatable bonds is 2. The van der Waals surface area contributed by atoms with Gasteiger partial charge in [0.25, 0.3) is 0 Å². The number of hydrogen-bond donors (Lipinski definition) is 0. The minimum absolute atomic E-state index is 0.0550. The monoisotopic (exact) mass is 141 g/mol. The molecule has 1 aliphatic rings. The molecule has 0 aliphatic carbocycles. The van der Waals surface area contributed by atoms with Crippen LogP contribution in [0.15, 0.2) is 11.8 Å². The summed E-state index contributed by atoms with van der Waals surface area (Å²) in [6.45, 7) is 3.33. The first-order valence-corrected chi connectivity index (χ1v) is 3.31. The number of likely N-dealkylation sites (N-methyl/N-ethyl adjacent to an activating group) is 1. The zero-order chi connectivity index (χ0) is 7.56. The van der Waals surface area contributed by atoms with Gasteiger partial charge in [0.15, 0.2) is 0 Å². The summed E-state index contributed by atoms with van der Waals surface area (Å²) in [6.07, 6.45) is 1.53. The third-order valence-corrected chi connectivity index (χ3v) is 1.59. The molecule has 0 atom stereocenters. The predicted octanol–water partition coefficient (Wildman–Crippen LogP) is 0.379. The van der Waals surface area contributed by atoms with Gasteiger partial charge in [0, 0.05) is 12.6 Å². The molecular weight excluding hydrogens is 130 g/mol. The maximum absolute atomic E-state index is 10.9. The van der Waals surface area contributed by atoms with Crippen LogP contribution in [0.1, 0.15) is 6.92 Å². The molecule has 3 nitrogen and oxygen atoms in total. The Balaban J connectivity index is 2.57. The van der Waals surface area contributed by atoms with Gasteiger partial charge in [-0.2, -0.15) is 0 Å². The molecule has 0 aromatic heterocycles. The van der Waals surface area contributed by atoms with Gasteiger partial charge >= 0.3 is 0 Å². The predicted molar refractivity (Wildman–Crippen MR) is 37.3 cm³/mol. The van der Waals surface area contributed by atoms with Crippen LogP contribution >= 0.6 is 0 Å². The van der Waals surface area contributed by atoms with Crippen LogP contribution in [0.25, 0.3) is 0 Å². The van der Waals surface area contributed by atoms with Crippen LogP contribution < -0.4 is 0 Å². The highest BCUT2D eigenvalue weighted by Gasteiger charge is 2.19. The summed E-state index contributed by atoms with van der Waals surface area (Å²) < 4.78 is 4.91. The number of amides is 1. The smallest absolute Gasteiger partial charge is 0.250 e. The van der Waals surface area contributed by atoms with E-state index in [4.69, 9.17) is 4.74 Å².